The molecule has 5 nitrogen and oxygen atoms in total. The van der Waals surface area contributed by atoms with Crippen LogP contribution in [0.3, 0.4) is 0 Å². The normalized spacial score (nSPS) is 10.4. The van der Waals surface area contributed by atoms with E-state index in [9.17, 15) is 9.59 Å². The Labute approximate surface area is 120 Å². The number of carbonyl (C=O) groups is 2. The summed E-state index contributed by atoms with van der Waals surface area (Å²) in [5.41, 5.74) is 0.226. The number of nitrogens with one attached hydrogen (secondary N) is 1. The summed E-state index contributed by atoms with van der Waals surface area (Å²) in [6.45, 7) is 0.289. The highest BCUT2D eigenvalue weighted by molar-refractivity contribution is 6.34. The summed E-state index contributed by atoms with van der Waals surface area (Å²) in [4.78, 5) is 26.3. The Bertz CT molecular complexity index is 658. The number of hydrogen-bond donors (Lipinski definition) is 2. The first-order valence-electron chi connectivity index (χ1n) is 6.13. The van der Waals surface area contributed by atoms with Crippen molar-refractivity contribution in [2.24, 2.45) is 0 Å². The van der Waals surface area contributed by atoms with Crippen molar-refractivity contribution in [3.63, 3.8) is 0 Å². The molecule has 1 aromatic carbocycles. The van der Waals surface area contributed by atoms with Crippen molar-refractivity contribution >= 4 is 34.2 Å². The number of halogens is 1. The van der Waals surface area contributed by atoms with E-state index in [1.54, 1.807) is 6.07 Å². The Morgan fingerprint density at radius 3 is 2.80 bits per heavy atom. The van der Waals surface area contributed by atoms with Crippen LogP contribution in [0.15, 0.2) is 30.3 Å². The third-order valence-corrected chi connectivity index (χ3v) is 3.07. The first kappa shape index (κ1) is 14.3. The number of aliphatic carboxylic acids is 1. The fraction of sp³-hybridized carbons (Fsp3) is 0.214. The highest BCUT2D eigenvalue weighted by Gasteiger charge is 2.10. The number of amides is 1. The average Bonchev–Trinajstić information content (AvgIpc) is 2.43. The van der Waals surface area contributed by atoms with Crippen LogP contribution >= 0.6 is 11.6 Å². The molecule has 20 heavy (non-hydrogen) atoms. The molecular weight excluding hydrogens is 280 g/mol. The van der Waals surface area contributed by atoms with E-state index >= 15 is 0 Å². The summed E-state index contributed by atoms with van der Waals surface area (Å²) in [5, 5.41) is 13.0. The Balaban J connectivity index is 2.08. The van der Waals surface area contributed by atoms with Gasteiger partial charge in [-0.3, -0.25) is 9.59 Å². The van der Waals surface area contributed by atoms with E-state index in [1.165, 1.54) is 0 Å². The van der Waals surface area contributed by atoms with Crippen molar-refractivity contribution in [1.82, 2.24) is 10.3 Å². The fourth-order valence-corrected chi connectivity index (χ4v) is 2.07. The summed E-state index contributed by atoms with van der Waals surface area (Å²) < 4.78 is 0. The molecule has 0 unspecified atom stereocenters. The standard InChI is InChI=1S/C14H13ClN2O3/c15-13-10-5-2-1-4-9(10)8-11(17-13)14(20)16-7-3-6-12(18)19/h1-2,4-5,8H,3,6-7H2,(H,16,20)(H,18,19). The fourth-order valence-electron chi connectivity index (χ4n) is 1.80. The Morgan fingerprint density at radius 1 is 1.30 bits per heavy atom. The third-order valence-electron chi connectivity index (χ3n) is 2.78. The lowest BCUT2D eigenvalue weighted by Gasteiger charge is -2.06. The highest BCUT2D eigenvalue weighted by atomic mass is 35.5. The van der Waals surface area contributed by atoms with Gasteiger partial charge in [0.05, 0.1) is 0 Å². The lowest BCUT2D eigenvalue weighted by Crippen LogP contribution is -2.25. The van der Waals surface area contributed by atoms with Gasteiger partial charge in [-0.15, -0.1) is 0 Å². The molecule has 0 fully saturated rings. The molecule has 0 radical (unpaired) electrons. The number of aromatic nitrogens is 1. The number of rotatable bonds is 5. The minimum Gasteiger partial charge on any atom is -0.481 e. The monoisotopic (exact) mass is 292 g/mol. The van der Waals surface area contributed by atoms with Crippen molar-refractivity contribution < 1.29 is 14.7 Å². The predicted molar refractivity (Wildman–Crippen MR) is 76.0 cm³/mol. The van der Waals surface area contributed by atoms with Crippen LogP contribution in [0.5, 0.6) is 0 Å². The van der Waals surface area contributed by atoms with E-state index in [4.69, 9.17) is 16.7 Å². The van der Waals surface area contributed by atoms with Crippen molar-refractivity contribution in [3.05, 3.63) is 41.2 Å². The molecule has 0 saturated carbocycles. The zero-order chi connectivity index (χ0) is 14.5. The largest absolute Gasteiger partial charge is 0.481 e. The number of pyridine rings is 1. The first-order chi connectivity index (χ1) is 9.58. The molecule has 104 valence electrons. The molecular formula is C14H13ClN2O3. The molecule has 0 saturated heterocycles. The smallest absolute Gasteiger partial charge is 0.303 e. The molecule has 1 amide bonds. The molecule has 0 aliphatic heterocycles. The predicted octanol–water partition coefficient (Wildman–Crippen LogP) is 2.48. The number of benzene rings is 1. The topological polar surface area (TPSA) is 79.3 Å². The van der Waals surface area contributed by atoms with Gasteiger partial charge in [-0.25, -0.2) is 4.98 Å². The summed E-state index contributed by atoms with van der Waals surface area (Å²) in [5.74, 6) is -1.24. The van der Waals surface area contributed by atoms with Gasteiger partial charge < -0.3 is 10.4 Å². The van der Waals surface area contributed by atoms with Gasteiger partial charge in [0.15, 0.2) is 0 Å². The van der Waals surface area contributed by atoms with E-state index in [-0.39, 0.29) is 29.7 Å². The summed E-state index contributed by atoms with van der Waals surface area (Å²) >= 11 is 6.04. The van der Waals surface area contributed by atoms with Crippen LogP contribution < -0.4 is 5.32 Å². The number of hydrogen-bond acceptors (Lipinski definition) is 3. The second kappa shape index (κ2) is 6.34. The van der Waals surface area contributed by atoms with Crippen LogP contribution in [0.4, 0.5) is 0 Å². The molecule has 0 spiro atoms. The van der Waals surface area contributed by atoms with Crippen LogP contribution in [0.2, 0.25) is 5.15 Å². The van der Waals surface area contributed by atoms with E-state index in [0.717, 1.165) is 10.8 Å². The molecule has 0 atom stereocenters. The van der Waals surface area contributed by atoms with Gasteiger partial charge in [0.1, 0.15) is 10.8 Å². The molecule has 0 aliphatic rings. The van der Waals surface area contributed by atoms with Gasteiger partial charge in [-0.05, 0) is 17.9 Å². The molecule has 0 aliphatic carbocycles. The lowest BCUT2D eigenvalue weighted by molar-refractivity contribution is -0.137. The zero-order valence-electron chi connectivity index (χ0n) is 10.6. The molecule has 2 rings (SSSR count). The van der Waals surface area contributed by atoms with E-state index in [2.05, 4.69) is 10.3 Å². The van der Waals surface area contributed by atoms with Crippen molar-refractivity contribution in [2.45, 2.75) is 12.8 Å². The molecule has 1 aromatic heterocycles. The van der Waals surface area contributed by atoms with E-state index in [0.29, 0.717) is 6.42 Å². The maximum atomic E-state index is 11.9. The third kappa shape index (κ3) is 3.45. The molecule has 2 aromatic rings. The van der Waals surface area contributed by atoms with Crippen LogP contribution in [-0.2, 0) is 4.79 Å². The average molecular weight is 293 g/mol. The van der Waals surface area contributed by atoms with Crippen molar-refractivity contribution in [3.8, 4) is 0 Å². The number of fused-ring (bicyclic) bond motifs is 1. The number of carboxylic acids is 1. The summed E-state index contributed by atoms with van der Waals surface area (Å²) in [6.07, 6.45) is 0.397. The second-order valence-electron chi connectivity index (χ2n) is 4.27. The minimum atomic E-state index is -0.883. The van der Waals surface area contributed by atoms with Crippen LogP contribution in [-0.4, -0.2) is 28.5 Å². The van der Waals surface area contributed by atoms with Gasteiger partial charge in [0.2, 0.25) is 0 Å². The Kier molecular flexibility index (Phi) is 4.53. The maximum Gasteiger partial charge on any atom is 0.303 e. The summed E-state index contributed by atoms with van der Waals surface area (Å²) in [7, 11) is 0. The van der Waals surface area contributed by atoms with Crippen LogP contribution in [0.25, 0.3) is 10.8 Å². The lowest BCUT2D eigenvalue weighted by atomic mass is 10.1. The van der Waals surface area contributed by atoms with Crippen LogP contribution in [0.1, 0.15) is 23.3 Å². The minimum absolute atomic E-state index is 0.0200. The SMILES string of the molecule is O=C(O)CCCNC(=O)c1cc2ccccc2c(Cl)n1. The number of carboxylic acid groups (broad SMARTS) is 1. The first-order valence-corrected chi connectivity index (χ1v) is 6.51. The number of nitrogens with zero attached hydrogens (tertiary/aromatic N) is 1. The van der Waals surface area contributed by atoms with Gasteiger partial charge >= 0.3 is 5.97 Å². The Morgan fingerprint density at radius 2 is 2.05 bits per heavy atom. The van der Waals surface area contributed by atoms with Crippen molar-refractivity contribution in [2.75, 3.05) is 6.54 Å². The maximum absolute atomic E-state index is 11.9. The van der Waals surface area contributed by atoms with Crippen LogP contribution in [0, 0.1) is 0 Å². The molecule has 2 N–H and O–H groups in total. The molecule has 0 bridgehead atoms. The van der Waals surface area contributed by atoms with Gasteiger partial charge in [0, 0.05) is 18.4 Å². The molecule has 1 heterocycles. The van der Waals surface area contributed by atoms with Gasteiger partial charge in [0.25, 0.3) is 5.91 Å². The van der Waals surface area contributed by atoms with E-state index in [1.807, 2.05) is 24.3 Å². The van der Waals surface area contributed by atoms with Gasteiger partial charge in [-0.1, -0.05) is 35.9 Å². The Hall–Kier alpha value is -2.14. The molecule has 6 heteroatoms. The zero-order valence-corrected chi connectivity index (χ0v) is 11.4. The highest BCUT2D eigenvalue weighted by Crippen LogP contribution is 2.22. The van der Waals surface area contributed by atoms with E-state index < -0.39 is 5.97 Å². The summed E-state index contributed by atoms with van der Waals surface area (Å²) in [6, 6.07) is 9.05. The number of carbonyl (C=O) groups excluding carboxylic acids is 1. The van der Waals surface area contributed by atoms with Gasteiger partial charge in [-0.2, -0.15) is 0 Å². The van der Waals surface area contributed by atoms with Crippen molar-refractivity contribution in [1.29, 1.82) is 0 Å². The quantitative estimate of drug-likeness (QED) is 0.655. The second-order valence-corrected chi connectivity index (χ2v) is 4.63.